The molecule has 1 aromatic carbocycles. The summed E-state index contributed by atoms with van der Waals surface area (Å²) < 4.78 is 6.00. The Balaban J connectivity index is 1.99. The molecule has 0 unspecified atom stereocenters. The molecule has 17 heavy (non-hydrogen) atoms. The molecule has 4 nitrogen and oxygen atoms in total. The summed E-state index contributed by atoms with van der Waals surface area (Å²) in [5.74, 6) is -0.123. The van der Waals surface area contributed by atoms with E-state index in [2.05, 4.69) is 33.1 Å². The molecule has 1 amide bonds. The molecule has 0 saturated carbocycles. The quantitative estimate of drug-likeness (QED) is 0.531. The van der Waals surface area contributed by atoms with Crippen molar-refractivity contribution in [1.82, 2.24) is 5.43 Å². The lowest BCUT2D eigenvalue weighted by atomic mass is 10.2. The predicted octanol–water partition coefficient (Wildman–Crippen LogP) is 2.65. The number of rotatable bonds is 3. The van der Waals surface area contributed by atoms with Crippen LogP contribution in [0.1, 0.15) is 16.1 Å². The number of hydrogen-bond acceptors (Lipinski definition) is 3. The summed E-state index contributed by atoms with van der Waals surface area (Å²) in [7, 11) is 0. The van der Waals surface area contributed by atoms with Crippen molar-refractivity contribution in [3.8, 4) is 0 Å². The minimum atomic E-state index is -0.364. The summed E-state index contributed by atoms with van der Waals surface area (Å²) in [6, 6.07) is 11.0. The maximum absolute atomic E-state index is 11.5. The summed E-state index contributed by atoms with van der Waals surface area (Å²) in [5, 5.41) is 3.87. The van der Waals surface area contributed by atoms with Crippen LogP contribution >= 0.6 is 22.6 Å². The third-order valence-corrected chi connectivity index (χ3v) is 3.00. The van der Waals surface area contributed by atoms with E-state index in [9.17, 15) is 4.79 Å². The molecule has 0 atom stereocenters. The second-order valence-electron chi connectivity index (χ2n) is 3.20. The van der Waals surface area contributed by atoms with Gasteiger partial charge in [0, 0.05) is 9.13 Å². The van der Waals surface area contributed by atoms with E-state index in [0.717, 1.165) is 9.13 Å². The second kappa shape index (κ2) is 5.62. The van der Waals surface area contributed by atoms with Gasteiger partial charge in [0.05, 0.1) is 12.5 Å². The number of furan rings is 1. The first-order chi connectivity index (χ1) is 8.27. The van der Waals surface area contributed by atoms with Crippen molar-refractivity contribution in [2.75, 3.05) is 0 Å². The molecule has 2 aromatic rings. The average Bonchev–Trinajstić information content (AvgIpc) is 2.85. The van der Waals surface area contributed by atoms with E-state index in [0.29, 0.717) is 0 Å². The van der Waals surface area contributed by atoms with Gasteiger partial charge >= 0.3 is 5.91 Å². The van der Waals surface area contributed by atoms with Crippen molar-refractivity contribution in [3.05, 3.63) is 57.6 Å². The molecule has 0 aliphatic rings. The highest BCUT2D eigenvalue weighted by Gasteiger charge is 2.05. The normalized spacial score (nSPS) is 10.6. The Hall–Kier alpha value is -1.63. The Labute approximate surface area is 112 Å². The van der Waals surface area contributed by atoms with E-state index in [1.807, 2.05) is 24.3 Å². The molecule has 0 saturated heterocycles. The topological polar surface area (TPSA) is 54.6 Å². The highest BCUT2D eigenvalue weighted by Crippen LogP contribution is 2.08. The first-order valence-electron chi connectivity index (χ1n) is 4.89. The Morgan fingerprint density at radius 1 is 1.29 bits per heavy atom. The molecule has 0 aliphatic heterocycles. The van der Waals surface area contributed by atoms with Crippen LogP contribution in [-0.2, 0) is 0 Å². The minimum Gasteiger partial charge on any atom is -0.459 e. The van der Waals surface area contributed by atoms with E-state index in [1.165, 1.54) is 6.26 Å². The SMILES string of the molecule is O=C(N/N=C/c1ccccc1I)c1ccco1. The molecule has 0 fully saturated rings. The van der Waals surface area contributed by atoms with Crippen LogP contribution in [0.25, 0.3) is 0 Å². The van der Waals surface area contributed by atoms with Crippen LogP contribution in [0.3, 0.4) is 0 Å². The van der Waals surface area contributed by atoms with Gasteiger partial charge in [-0.25, -0.2) is 5.43 Å². The van der Waals surface area contributed by atoms with E-state index in [1.54, 1.807) is 18.3 Å². The van der Waals surface area contributed by atoms with Gasteiger partial charge in [-0.2, -0.15) is 5.10 Å². The summed E-state index contributed by atoms with van der Waals surface area (Å²) in [6.07, 6.45) is 3.04. The molecule has 1 heterocycles. The monoisotopic (exact) mass is 340 g/mol. The van der Waals surface area contributed by atoms with Gasteiger partial charge in [0.25, 0.3) is 0 Å². The van der Waals surface area contributed by atoms with Crippen LogP contribution in [0.2, 0.25) is 0 Å². The number of benzene rings is 1. The number of amides is 1. The molecule has 0 bridgehead atoms. The Bertz CT molecular complexity index is 535. The molecule has 1 aromatic heterocycles. The van der Waals surface area contributed by atoms with Crippen molar-refractivity contribution in [2.24, 2.45) is 5.10 Å². The maximum atomic E-state index is 11.5. The smallest absolute Gasteiger partial charge is 0.307 e. The van der Waals surface area contributed by atoms with Gasteiger partial charge in [0.2, 0.25) is 0 Å². The van der Waals surface area contributed by atoms with Crippen molar-refractivity contribution >= 4 is 34.7 Å². The van der Waals surface area contributed by atoms with Gasteiger partial charge in [-0.1, -0.05) is 18.2 Å². The zero-order valence-electron chi connectivity index (χ0n) is 8.76. The fraction of sp³-hybridized carbons (Fsp3) is 0. The number of hydrogen-bond donors (Lipinski definition) is 1. The van der Waals surface area contributed by atoms with Gasteiger partial charge in [-0.3, -0.25) is 4.79 Å². The molecule has 1 N–H and O–H groups in total. The number of carbonyl (C=O) groups excluding carboxylic acids is 1. The van der Waals surface area contributed by atoms with E-state index in [-0.39, 0.29) is 11.7 Å². The number of halogens is 1. The van der Waals surface area contributed by atoms with Crippen LogP contribution in [0, 0.1) is 3.57 Å². The highest BCUT2D eigenvalue weighted by molar-refractivity contribution is 14.1. The standard InChI is InChI=1S/C12H9IN2O2/c13-10-5-2-1-4-9(10)8-14-15-12(16)11-6-3-7-17-11/h1-8H,(H,15,16)/b14-8+. The lowest BCUT2D eigenvalue weighted by Crippen LogP contribution is -2.16. The van der Waals surface area contributed by atoms with Crippen LogP contribution in [0.4, 0.5) is 0 Å². The number of hydrazone groups is 1. The van der Waals surface area contributed by atoms with E-state index >= 15 is 0 Å². The average molecular weight is 340 g/mol. The molecule has 2 rings (SSSR count). The Morgan fingerprint density at radius 2 is 2.12 bits per heavy atom. The molecule has 0 spiro atoms. The van der Waals surface area contributed by atoms with Crippen molar-refractivity contribution in [2.45, 2.75) is 0 Å². The summed E-state index contributed by atoms with van der Waals surface area (Å²) in [4.78, 5) is 11.5. The first-order valence-corrected chi connectivity index (χ1v) is 5.96. The van der Waals surface area contributed by atoms with Gasteiger partial charge < -0.3 is 4.42 Å². The zero-order chi connectivity index (χ0) is 12.1. The third-order valence-electron chi connectivity index (χ3n) is 2.02. The summed E-state index contributed by atoms with van der Waals surface area (Å²) in [6.45, 7) is 0. The third kappa shape index (κ3) is 3.16. The fourth-order valence-corrected chi connectivity index (χ4v) is 1.73. The first kappa shape index (κ1) is 11.8. The fourth-order valence-electron chi connectivity index (χ4n) is 1.20. The Morgan fingerprint density at radius 3 is 2.82 bits per heavy atom. The van der Waals surface area contributed by atoms with Gasteiger partial charge in [-0.15, -0.1) is 0 Å². The van der Waals surface area contributed by atoms with Crippen LogP contribution in [0.5, 0.6) is 0 Å². The summed E-state index contributed by atoms with van der Waals surface area (Å²) >= 11 is 2.21. The molecular formula is C12H9IN2O2. The molecule has 86 valence electrons. The molecule has 5 heteroatoms. The largest absolute Gasteiger partial charge is 0.459 e. The lowest BCUT2D eigenvalue weighted by molar-refractivity contribution is 0.0927. The molecule has 0 aliphatic carbocycles. The number of nitrogens with one attached hydrogen (secondary N) is 1. The molecule has 0 radical (unpaired) electrons. The van der Waals surface area contributed by atoms with Crippen molar-refractivity contribution < 1.29 is 9.21 Å². The number of nitrogens with zero attached hydrogens (tertiary/aromatic N) is 1. The highest BCUT2D eigenvalue weighted by atomic mass is 127. The van der Waals surface area contributed by atoms with E-state index < -0.39 is 0 Å². The number of carbonyl (C=O) groups is 1. The minimum absolute atomic E-state index is 0.241. The summed E-state index contributed by atoms with van der Waals surface area (Å²) in [5.41, 5.74) is 3.35. The van der Waals surface area contributed by atoms with Crippen molar-refractivity contribution in [3.63, 3.8) is 0 Å². The van der Waals surface area contributed by atoms with E-state index in [4.69, 9.17) is 4.42 Å². The van der Waals surface area contributed by atoms with Crippen LogP contribution in [-0.4, -0.2) is 12.1 Å². The predicted molar refractivity (Wildman–Crippen MR) is 72.9 cm³/mol. The van der Waals surface area contributed by atoms with Gasteiger partial charge in [0.1, 0.15) is 0 Å². The molecular weight excluding hydrogens is 331 g/mol. The van der Waals surface area contributed by atoms with Gasteiger partial charge in [0.15, 0.2) is 5.76 Å². The second-order valence-corrected chi connectivity index (χ2v) is 4.36. The van der Waals surface area contributed by atoms with Gasteiger partial charge in [-0.05, 0) is 40.8 Å². The van der Waals surface area contributed by atoms with Crippen LogP contribution in [0.15, 0.2) is 52.2 Å². The zero-order valence-corrected chi connectivity index (χ0v) is 10.9. The Kier molecular flexibility index (Phi) is 3.92. The lowest BCUT2D eigenvalue weighted by Gasteiger charge is -1.97. The van der Waals surface area contributed by atoms with Crippen molar-refractivity contribution in [1.29, 1.82) is 0 Å². The maximum Gasteiger partial charge on any atom is 0.307 e. The van der Waals surface area contributed by atoms with Crippen LogP contribution < -0.4 is 5.43 Å².